The first-order chi connectivity index (χ1) is 13.6. The number of fused-ring (bicyclic) bond motifs is 1. The number of carbonyl (C=O) groups excluding carboxylic acids is 1. The van der Waals surface area contributed by atoms with E-state index >= 15 is 0 Å². The molecule has 0 saturated heterocycles. The summed E-state index contributed by atoms with van der Waals surface area (Å²) in [6.07, 6.45) is 0.737. The highest BCUT2D eigenvalue weighted by atomic mass is 32.1. The van der Waals surface area contributed by atoms with Gasteiger partial charge in [0.25, 0.3) is 5.91 Å². The smallest absolute Gasteiger partial charge is 0.261 e. The number of nitrogens with one attached hydrogen (secondary N) is 1. The molecular formula is C20H23N3O4S. The lowest BCUT2D eigenvalue weighted by Gasteiger charge is -2.06. The average Bonchev–Trinajstić information content (AvgIpc) is 3.04. The summed E-state index contributed by atoms with van der Waals surface area (Å²) in [4.78, 5) is 22.9. The van der Waals surface area contributed by atoms with Crippen LogP contribution in [-0.2, 0) is 17.8 Å². The van der Waals surface area contributed by atoms with E-state index in [0.29, 0.717) is 23.1 Å². The van der Waals surface area contributed by atoms with Crippen LogP contribution in [0.25, 0.3) is 10.2 Å². The number of thiophene rings is 1. The summed E-state index contributed by atoms with van der Waals surface area (Å²) in [5.74, 6) is 1.68. The predicted molar refractivity (Wildman–Crippen MR) is 108 cm³/mol. The van der Waals surface area contributed by atoms with Gasteiger partial charge in [-0.3, -0.25) is 4.79 Å². The van der Waals surface area contributed by atoms with Crippen molar-refractivity contribution in [1.82, 2.24) is 15.3 Å². The number of carbonyl (C=O) groups is 1. The first kappa shape index (κ1) is 20.0. The Morgan fingerprint density at radius 2 is 1.86 bits per heavy atom. The summed E-state index contributed by atoms with van der Waals surface area (Å²) < 4.78 is 15.7. The second-order valence-electron chi connectivity index (χ2n) is 6.17. The molecule has 28 heavy (non-hydrogen) atoms. The Hall–Kier alpha value is -2.71. The Balaban J connectivity index is 1.74. The Morgan fingerprint density at radius 3 is 2.50 bits per heavy atom. The molecule has 0 fully saturated rings. The molecule has 0 unspecified atom stereocenters. The highest BCUT2D eigenvalue weighted by Gasteiger charge is 2.21. The van der Waals surface area contributed by atoms with E-state index in [1.54, 1.807) is 21.3 Å². The van der Waals surface area contributed by atoms with Gasteiger partial charge >= 0.3 is 0 Å². The molecule has 148 valence electrons. The van der Waals surface area contributed by atoms with E-state index in [9.17, 15) is 4.79 Å². The van der Waals surface area contributed by atoms with Crippen LogP contribution < -0.4 is 14.8 Å². The number of nitrogens with zero attached hydrogens (tertiary/aromatic N) is 2. The van der Waals surface area contributed by atoms with E-state index in [4.69, 9.17) is 14.2 Å². The van der Waals surface area contributed by atoms with Crippen molar-refractivity contribution >= 4 is 27.5 Å². The molecule has 7 nitrogen and oxygen atoms in total. The van der Waals surface area contributed by atoms with Crippen molar-refractivity contribution in [2.45, 2.75) is 20.0 Å². The fourth-order valence-electron chi connectivity index (χ4n) is 2.89. The van der Waals surface area contributed by atoms with Crippen LogP contribution in [-0.4, -0.2) is 43.7 Å². The Morgan fingerprint density at radius 1 is 1.11 bits per heavy atom. The Bertz CT molecular complexity index is 970. The van der Waals surface area contributed by atoms with Gasteiger partial charge in [-0.25, -0.2) is 4.98 Å². The van der Waals surface area contributed by atoms with E-state index in [1.165, 1.54) is 11.3 Å². The van der Waals surface area contributed by atoms with Crippen LogP contribution in [0.3, 0.4) is 0 Å². The zero-order valence-electron chi connectivity index (χ0n) is 16.4. The number of hydrogen-bond acceptors (Lipinski definition) is 7. The topological polar surface area (TPSA) is 82.6 Å². The third-order valence-corrected chi connectivity index (χ3v) is 5.52. The van der Waals surface area contributed by atoms with Crippen molar-refractivity contribution in [1.29, 1.82) is 0 Å². The van der Waals surface area contributed by atoms with Crippen LogP contribution in [0.4, 0.5) is 0 Å². The van der Waals surface area contributed by atoms with Gasteiger partial charge in [0.15, 0.2) is 5.82 Å². The number of amides is 1. The normalized spacial score (nSPS) is 10.9. The van der Waals surface area contributed by atoms with Gasteiger partial charge in [-0.15, -0.1) is 11.3 Å². The summed E-state index contributed by atoms with van der Waals surface area (Å²) in [5, 5.41) is 3.75. The molecular weight excluding hydrogens is 378 g/mol. The number of rotatable bonds is 8. The van der Waals surface area contributed by atoms with Crippen LogP contribution in [0.15, 0.2) is 24.3 Å². The molecule has 0 aliphatic rings. The van der Waals surface area contributed by atoms with Crippen molar-refractivity contribution in [2.24, 2.45) is 0 Å². The van der Waals surface area contributed by atoms with Crippen molar-refractivity contribution < 1.29 is 19.0 Å². The largest absolute Gasteiger partial charge is 0.497 e. The lowest BCUT2D eigenvalue weighted by atomic mass is 10.1. The first-order valence-corrected chi connectivity index (χ1v) is 9.63. The maximum atomic E-state index is 12.7. The molecule has 0 aliphatic heterocycles. The standard InChI is InChI=1S/C20H23N3O4S/c1-12-16-19(27-4)22-15(11-25-2)23-20(16)28-17(12)18(24)21-10-9-13-5-7-14(26-3)8-6-13/h5-8H,9-11H2,1-4H3,(H,21,24). The zero-order chi connectivity index (χ0) is 20.1. The van der Waals surface area contributed by atoms with Gasteiger partial charge in [-0.2, -0.15) is 4.98 Å². The van der Waals surface area contributed by atoms with Gasteiger partial charge in [0.1, 0.15) is 17.2 Å². The fraction of sp³-hybridized carbons (Fsp3) is 0.350. The minimum atomic E-state index is -0.121. The lowest BCUT2D eigenvalue weighted by Crippen LogP contribution is -2.25. The summed E-state index contributed by atoms with van der Waals surface area (Å²) in [6.45, 7) is 2.71. The Labute approximate surface area is 167 Å². The zero-order valence-corrected chi connectivity index (χ0v) is 17.2. The number of hydrogen-bond donors (Lipinski definition) is 1. The number of aromatic nitrogens is 2. The minimum absolute atomic E-state index is 0.121. The van der Waals surface area contributed by atoms with Crippen LogP contribution in [0.5, 0.6) is 11.6 Å². The second-order valence-corrected chi connectivity index (χ2v) is 7.17. The highest BCUT2D eigenvalue weighted by Crippen LogP contribution is 2.35. The van der Waals surface area contributed by atoms with E-state index in [2.05, 4.69) is 15.3 Å². The van der Waals surface area contributed by atoms with Crippen LogP contribution in [0.1, 0.15) is 26.6 Å². The highest BCUT2D eigenvalue weighted by molar-refractivity contribution is 7.20. The molecule has 2 heterocycles. The van der Waals surface area contributed by atoms with Gasteiger partial charge in [0.05, 0.1) is 24.5 Å². The Kier molecular flexibility index (Phi) is 6.43. The fourth-order valence-corrected chi connectivity index (χ4v) is 4.00. The molecule has 3 aromatic rings. The lowest BCUT2D eigenvalue weighted by molar-refractivity contribution is 0.0957. The maximum absolute atomic E-state index is 12.7. The van der Waals surface area contributed by atoms with Gasteiger partial charge in [0.2, 0.25) is 5.88 Å². The number of benzene rings is 1. The summed E-state index contributed by atoms with van der Waals surface area (Å²) >= 11 is 1.34. The van der Waals surface area contributed by atoms with Crippen molar-refractivity contribution in [2.75, 3.05) is 27.9 Å². The van der Waals surface area contributed by atoms with Crippen LogP contribution >= 0.6 is 11.3 Å². The number of methoxy groups -OCH3 is 3. The molecule has 1 amide bonds. The van der Waals surface area contributed by atoms with Crippen LogP contribution in [0.2, 0.25) is 0 Å². The first-order valence-electron chi connectivity index (χ1n) is 8.81. The number of aryl methyl sites for hydroxylation is 1. The molecule has 0 atom stereocenters. The molecule has 3 rings (SSSR count). The third-order valence-electron chi connectivity index (χ3n) is 4.33. The van der Waals surface area contributed by atoms with Crippen molar-refractivity contribution in [3.8, 4) is 11.6 Å². The molecule has 0 radical (unpaired) electrons. The quantitative estimate of drug-likeness (QED) is 0.624. The van der Waals surface area contributed by atoms with E-state index in [1.807, 2.05) is 31.2 Å². The summed E-state index contributed by atoms with van der Waals surface area (Å²) in [5.41, 5.74) is 1.95. The van der Waals surface area contributed by atoms with E-state index in [0.717, 1.165) is 33.5 Å². The molecule has 0 aliphatic carbocycles. The van der Waals surface area contributed by atoms with Crippen molar-refractivity contribution in [3.63, 3.8) is 0 Å². The summed E-state index contributed by atoms with van der Waals surface area (Å²) in [6, 6.07) is 7.81. The number of ether oxygens (including phenoxy) is 3. The molecule has 1 N–H and O–H groups in total. The molecule has 0 saturated carbocycles. The molecule has 2 aromatic heterocycles. The SMILES string of the molecule is COCc1nc(OC)c2c(C)c(C(=O)NCCc3ccc(OC)cc3)sc2n1. The molecule has 8 heteroatoms. The second kappa shape index (κ2) is 8.99. The van der Waals surface area contributed by atoms with Gasteiger partial charge in [0, 0.05) is 13.7 Å². The summed E-state index contributed by atoms with van der Waals surface area (Å²) in [7, 11) is 4.78. The minimum Gasteiger partial charge on any atom is -0.497 e. The van der Waals surface area contributed by atoms with Crippen molar-refractivity contribution in [3.05, 3.63) is 46.1 Å². The monoisotopic (exact) mass is 401 g/mol. The van der Waals surface area contributed by atoms with E-state index in [-0.39, 0.29) is 12.5 Å². The molecule has 1 aromatic carbocycles. The van der Waals surface area contributed by atoms with Gasteiger partial charge in [-0.05, 0) is 36.6 Å². The third kappa shape index (κ3) is 4.23. The van der Waals surface area contributed by atoms with Gasteiger partial charge in [-0.1, -0.05) is 12.1 Å². The average molecular weight is 401 g/mol. The molecule has 0 spiro atoms. The van der Waals surface area contributed by atoms with E-state index < -0.39 is 0 Å². The van der Waals surface area contributed by atoms with Crippen LogP contribution in [0, 0.1) is 6.92 Å². The molecule has 0 bridgehead atoms. The van der Waals surface area contributed by atoms with Gasteiger partial charge < -0.3 is 19.5 Å². The predicted octanol–water partition coefficient (Wildman–Crippen LogP) is 3.14. The maximum Gasteiger partial charge on any atom is 0.261 e.